The normalized spacial score (nSPS) is 15.4. The second-order valence-corrected chi connectivity index (χ2v) is 2.76. The van der Waals surface area contributed by atoms with E-state index in [1.54, 1.807) is 0 Å². The average Bonchev–Trinajstić information content (AvgIpc) is 2.30. The highest BCUT2D eigenvalue weighted by atomic mass is 16.5. The lowest BCUT2D eigenvalue weighted by Gasteiger charge is -2.13. The Hall–Kier alpha value is -1.35. The monoisotopic (exact) mass is 195 g/mol. The minimum absolute atomic E-state index is 0.585. The van der Waals surface area contributed by atoms with E-state index in [1.165, 1.54) is 14.2 Å². The van der Waals surface area contributed by atoms with E-state index in [-0.39, 0.29) is 0 Å². The summed E-state index contributed by atoms with van der Waals surface area (Å²) in [7, 11) is 2.74. The molecule has 3 heteroatoms. The summed E-state index contributed by atoms with van der Waals surface area (Å²) < 4.78 is 17.3. The molecule has 1 rings (SSSR count). The molecule has 0 spiro atoms. The molecule has 76 valence electrons. The van der Waals surface area contributed by atoms with Crippen LogP contribution in [0.15, 0.2) is 30.3 Å². The van der Waals surface area contributed by atoms with Gasteiger partial charge in [0.05, 0.1) is 19.6 Å². The quantitative estimate of drug-likeness (QED) is 0.689. The summed E-state index contributed by atoms with van der Waals surface area (Å²) in [5, 5.41) is 0. The fraction of sp³-hybridized carbons (Fsp3) is 0.364. The molecule has 0 amide bonds. The molecule has 1 aromatic carbocycles. The van der Waals surface area contributed by atoms with Crippen LogP contribution in [0.2, 0.25) is 0 Å². The average molecular weight is 195 g/mol. The molecule has 0 saturated carbocycles. The van der Waals surface area contributed by atoms with Crippen molar-refractivity contribution in [3.8, 4) is 0 Å². The van der Waals surface area contributed by atoms with Crippen molar-refractivity contribution in [3.05, 3.63) is 35.9 Å². The molecule has 0 aromatic heterocycles. The molecule has 0 fully saturated rings. The van der Waals surface area contributed by atoms with Crippen LogP contribution in [0.3, 0.4) is 0 Å². The molecule has 0 radical (unpaired) electrons. The lowest BCUT2D eigenvalue weighted by Crippen LogP contribution is -2.10. The van der Waals surface area contributed by atoms with Gasteiger partial charge in [-0.1, -0.05) is 30.3 Å². The molecule has 14 heavy (non-hydrogen) atoms. The van der Waals surface area contributed by atoms with E-state index >= 15 is 0 Å². The predicted octanol–water partition coefficient (Wildman–Crippen LogP) is 1.94. The number of methoxy groups -OCH3 is 2. The highest BCUT2D eigenvalue weighted by Crippen LogP contribution is 2.20. The van der Waals surface area contributed by atoms with Crippen LogP contribution < -0.4 is 0 Å². The fourth-order valence-corrected chi connectivity index (χ4v) is 1.13. The largest absolute Gasteiger partial charge is 0.469 e. The smallest absolute Gasteiger partial charge is 0.308 e. The first-order chi connectivity index (χ1) is 7.20. The van der Waals surface area contributed by atoms with Gasteiger partial charge in [-0.25, -0.2) is 0 Å². The van der Waals surface area contributed by atoms with E-state index in [0.717, 1.165) is 5.56 Å². The molecule has 0 aliphatic carbocycles. The van der Waals surface area contributed by atoms with Gasteiger partial charge in [0.25, 0.3) is 0 Å². The Morgan fingerprint density at radius 3 is 2.57 bits per heavy atom. The Bertz CT molecular complexity index is 313. The number of hydrogen-bond acceptors (Lipinski definition) is 3. The first-order valence-electron chi connectivity index (χ1n) is 4.86. The number of hydrogen-bond donors (Lipinski definition) is 0. The Labute approximate surface area is 85.0 Å². The van der Waals surface area contributed by atoms with Gasteiger partial charge in [-0.3, -0.25) is 4.79 Å². The molecule has 0 heterocycles. The third-order valence-electron chi connectivity index (χ3n) is 1.87. The highest BCUT2D eigenvalue weighted by molar-refractivity contribution is 5.70. The maximum absolute atomic E-state index is 11.2. The van der Waals surface area contributed by atoms with Crippen molar-refractivity contribution in [2.45, 2.75) is 12.5 Å². The molecule has 0 bridgehead atoms. The van der Waals surface area contributed by atoms with Gasteiger partial charge in [0, 0.05) is 8.48 Å². The van der Waals surface area contributed by atoms with Crippen LogP contribution >= 0.6 is 0 Å². The van der Waals surface area contributed by atoms with E-state index in [2.05, 4.69) is 4.74 Å². The molecule has 0 N–H and O–H groups in total. The molecule has 1 aromatic rings. The van der Waals surface area contributed by atoms with Crippen molar-refractivity contribution in [2.24, 2.45) is 0 Å². The fourth-order valence-electron chi connectivity index (χ4n) is 1.13. The zero-order valence-corrected chi connectivity index (χ0v) is 8.27. The maximum Gasteiger partial charge on any atom is 0.308 e. The minimum Gasteiger partial charge on any atom is -0.469 e. The number of carbonyl (C=O) groups excluding carboxylic acids is 1. The first kappa shape index (κ1) is 9.21. The Balaban J connectivity index is 2.85. The van der Waals surface area contributed by atoms with Crippen LogP contribution in [0.5, 0.6) is 0 Å². The summed E-state index contributed by atoms with van der Waals surface area (Å²) in [6.45, 7) is 0. The molecular formula is C11H14O3. The number of esters is 1. The van der Waals surface area contributed by atoms with Crippen molar-refractivity contribution in [1.29, 1.82) is 0 Å². The molecule has 2 atom stereocenters. The van der Waals surface area contributed by atoms with Crippen LogP contribution in [-0.4, -0.2) is 20.2 Å². The maximum atomic E-state index is 11.2. The summed E-state index contributed by atoms with van der Waals surface area (Å²) in [5.41, 5.74) is 0.797. The predicted molar refractivity (Wildman–Crippen MR) is 52.8 cm³/mol. The van der Waals surface area contributed by atoms with Gasteiger partial charge >= 0.3 is 5.97 Å². The van der Waals surface area contributed by atoms with E-state index in [0.29, 0.717) is 0 Å². The third kappa shape index (κ3) is 2.85. The standard InChI is InChI=1S/C11H14O3/c1-13-10(8-11(12)14-2)9-6-4-3-5-7-9/h3-7,10H,8H2,1-2H3/t10-/m1/s1/i8D/t8-,10+/m0. The van der Waals surface area contributed by atoms with Gasteiger partial charge < -0.3 is 9.47 Å². The second-order valence-electron chi connectivity index (χ2n) is 2.76. The van der Waals surface area contributed by atoms with Gasteiger partial charge in [-0.05, 0) is 5.56 Å². The molecular weight excluding hydrogens is 180 g/mol. The van der Waals surface area contributed by atoms with Gasteiger partial charge in [-0.15, -0.1) is 0 Å². The number of ether oxygens (including phenoxy) is 2. The summed E-state index contributed by atoms with van der Waals surface area (Å²) in [4.78, 5) is 11.2. The van der Waals surface area contributed by atoms with Crippen molar-refractivity contribution in [1.82, 2.24) is 0 Å². The number of carbonyl (C=O) groups is 1. The zero-order chi connectivity index (χ0) is 11.3. The van der Waals surface area contributed by atoms with E-state index < -0.39 is 18.5 Å². The second kappa shape index (κ2) is 5.40. The Morgan fingerprint density at radius 2 is 2.07 bits per heavy atom. The van der Waals surface area contributed by atoms with Gasteiger partial charge in [-0.2, -0.15) is 0 Å². The summed E-state index contributed by atoms with van der Waals surface area (Å²) in [5.74, 6) is -0.592. The van der Waals surface area contributed by atoms with Gasteiger partial charge in [0.2, 0.25) is 0 Å². The van der Waals surface area contributed by atoms with Crippen molar-refractivity contribution in [3.63, 3.8) is 0 Å². The van der Waals surface area contributed by atoms with Crippen molar-refractivity contribution >= 4 is 5.97 Å². The molecule has 3 nitrogen and oxygen atoms in total. The topological polar surface area (TPSA) is 35.5 Å². The highest BCUT2D eigenvalue weighted by Gasteiger charge is 2.14. The third-order valence-corrected chi connectivity index (χ3v) is 1.87. The van der Waals surface area contributed by atoms with E-state index in [4.69, 9.17) is 6.11 Å². The Kier molecular flexibility index (Phi) is 3.55. The first-order valence-corrected chi connectivity index (χ1v) is 4.28. The number of rotatable bonds is 4. The minimum atomic E-state index is -1.05. The van der Waals surface area contributed by atoms with Crippen LogP contribution in [-0.2, 0) is 14.3 Å². The lowest BCUT2D eigenvalue weighted by atomic mass is 10.1. The van der Waals surface area contributed by atoms with Crippen molar-refractivity contribution in [2.75, 3.05) is 14.2 Å². The summed E-state index contributed by atoms with van der Waals surface area (Å²) in [6.07, 6.45) is -1.64. The van der Waals surface area contributed by atoms with Gasteiger partial charge in [0.15, 0.2) is 0 Å². The molecule has 0 aliphatic heterocycles. The van der Waals surface area contributed by atoms with Crippen LogP contribution in [0.25, 0.3) is 0 Å². The summed E-state index contributed by atoms with van der Waals surface area (Å²) >= 11 is 0. The van der Waals surface area contributed by atoms with Crippen LogP contribution in [0.4, 0.5) is 0 Å². The molecule has 0 saturated heterocycles. The van der Waals surface area contributed by atoms with E-state index in [1.807, 2.05) is 30.3 Å². The van der Waals surface area contributed by atoms with Crippen molar-refractivity contribution < 1.29 is 15.6 Å². The van der Waals surface area contributed by atoms with E-state index in [9.17, 15) is 4.79 Å². The SMILES string of the molecule is [2H][C@H](C(=O)OC)[C@@H](OC)c1ccccc1. The molecule has 0 aliphatic rings. The molecule has 0 unspecified atom stereocenters. The Morgan fingerprint density at radius 1 is 1.43 bits per heavy atom. The van der Waals surface area contributed by atoms with Gasteiger partial charge in [0.1, 0.15) is 0 Å². The van der Waals surface area contributed by atoms with Crippen LogP contribution in [0.1, 0.15) is 19.4 Å². The lowest BCUT2D eigenvalue weighted by molar-refractivity contribution is -0.143. The zero-order valence-electron chi connectivity index (χ0n) is 9.27. The number of benzene rings is 1. The summed E-state index contributed by atoms with van der Waals surface area (Å²) in [6, 6.07) is 9.18. The van der Waals surface area contributed by atoms with Crippen LogP contribution in [0, 0.1) is 0 Å².